The van der Waals surface area contributed by atoms with Gasteiger partial charge in [0.25, 0.3) is 5.91 Å². The highest BCUT2D eigenvalue weighted by Gasteiger charge is 2.12. The van der Waals surface area contributed by atoms with Crippen LogP contribution in [0.3, 0.4) is 0 Å². The predicted molar refractivity (Wildman–Crippen MR) is 107 cm³/mol. The van der Waals surface area contributed by atoms with Crippen molar-refractivity contribution in [2.45, 2.75) is 6.42 Å². The molecule has 1 aliphatic rings. The molecule has 0 fully saturated rings. The summed E-state index contributed by atoms with van der Waals surface area (Å²) in [4.78, 5) is 16.6. The van der Waals surface area contributed by atoms with Gasteiger partial charge in [-0.25, -0.2) is 0 Å². The van der Waals surface area contributed by atoms with E-state index in [0.717, 1.165) is 23.5 Å². The first-order chi connectivity index (χ1) is 13.8. The number of benzene rings is 2. The molecule has 0 unspecified atom stereocenters. The molecule has 1 amide bonds. The van der Waals surface area contributed by atoms with Gasteiger partial charge in [0, 0.05) is 24.5 Å². The number of hydrogen-bond acceptors (Lipinski definition) is 5. The third-order valence-electron chi connectivity index (χ3n) is 4.37. The van der Waals surface area contributed by atoms with Crippen LogP contribution in [-0.4, -0.2) is 30.6 Å². The van der Waals surface area contributed by atoms with Crippen LogP contribution in [0, 0.1) is 0 Å². The number of pyridine rings is 1. The smallest absolute Gasteiger partial charge is 0.252 e. The Morgan fingerprint density at radius 2 is 1.75 bits per heavy atom. The molecule has 4 rings (SSSR count). The van der Waals surface area contributed by atoms with Crippen LogP contribution in [0.25, 0.3) is 0 Å². The van der Waals surface area contributed by atoms with E-state index in [-0.39, 0.29) is 5.91 Å². The van der Waals surface area contributed by atoms with Crippen molar-refractivity contribution in [1.29, 1.82) is 0 Å². The molecule has 0 saturated carbocycles. The maximum atomic E-state index is 12.4. The number of fused-ring (bicyclic) bond motifs is 1. The second-order valence-electron chi connectivity index (χ2n) is 6.44. The number of anilines is 2. The summed E-state index contributed by atoms with van der Waals surface area (Å²) in [6, 6.07) is 17.5. The summed E-state index contributed by atoms with van der Waals surface area (Å²) >= 11 is 0. The summed E-state index contributed by atoms with van der Waals surface area (Å²) in [5, 5.41) is 6.19. The van der Waals surface area contributed by atoms with Crippen molar-refractivity contribution in [2.75, 3.05) is 25.1 Å². The normalized spacial score (nSPS) is 12.3. The average Bonchev–Trinajstić information content (AvgIpc) is 2.74. The first kappa shape index (κ1) is 17.9. The molecule has 6 heteroatoms. The van der Waals surface area contributed by atoms with E-state index in [1.165, 1.54) is 5.56 Å². The fraction of sp³-hybridized carbons (Fsp3) is 0.182. The van der Waals surface area contributed by atoms with E-state index in [2.05, 4.69) is 15.6 Å². The van der Waals surface area contributed by atoms with Crippen molar-refractivity contribution >= 4 is 17.3 Å². The molecule has 6 nitrogen and oxygen atoms in total. The van der Waals surface area contributed by atoms with Gasteiger partial charge in [0.2, 0.25) is 0 Å². The van der Waals surface area contributed by atoms with Crippen LogP contribution in [0.2, 0.25) is 0 Å². The number of carbonyl (C=O) groups excluding carboxylic acids is 1. The standard InChI is InChI=1S/C22H21N3O3/c26-22(24-9-8-16-4-2-1-3-5-16)17-12-19(15-23-14-17)25-18-6-7-20-21(13-18)28-11-10-27-20/h1-7,12-15,25H,8-11H2,(H,24,26). The predicted octanol–water partition coefficient (Wildman–Crippen LogP) is 3.57. The fourth-order valence-corrected chi connectivity index (χ4v) is 2.99. The molecule has 0 atom stereocenters. The lowest BCUT2D eigenvalue weighted by molar-refractivity contribution is 0.0954. The van der Waals surface area contributed by atoms with Crippen LogP contribution in [0.4, 0.5) is 11.4 Å². The summed E-state index contributed by atoms with van der Waals surface area (Å²) in [6.45, 7) is 1.67. The zero-order chi connectivity index (χ0) is 19.2. The molecule has 2 heterocycles. The van der Waals surface area contributed by atoms with Gasteiger partial charge in [0.05, 0.1) is 17.4 Å². The molecule has 1 aromatic heterocycles. The van der Waals surface area contributed by atoms with Crippen LogP contribution < -0.4 is 20.1 Å². The Bertz CT molecular complexity index is 960. The van der Waals surface area contributed by atoms with E-state index in [4.69, 9.17) is 9.47 Å². The minimum absolute atomic E-state index is 0.144. The monoisotopic (exact) mass is 375 g/mol. The molecule has 0 bridgehead atoms. The van der Waals surface area contributed by atoms with Gasteiger partial charge in [0.1, 0.15) is 13.2 Å². The van der Waals surface area contributed by atoms with E-state index >= 15 is 0 Å². The Morgan fingerprint density at radius 3 is 2.61 bits per heavy atom. The number of nitrogens with zero attached hydrogens (tertiary/aromatic N) is 1. The van der Waals surface area contributed by atoms with E-state index in [9.17, 15) is 4.79 Å². The maximum absolute atomic E-state index is 12.4. The van der Waals surface area contributed by atoms with E-state index in [1.807, 2.05) is 48.5 Å². The molecule has 0 saturated heterocycles. The van der Waals surface area contributed by atoms with Crippen molar-refractivity contribution in [1.82, 2.24) is 10.3 Å². The molecule has 142 valence electrons. The Hall–Kier alpha value is -3.54. The number of carbonyl (C=O) groups is 1. The van der Waals surface area contributed by atoms with Crippen molar-refractivity contribution in [3.63, 3.8) is 0 Å². The lowest BCUT2D eigenvalue weighted by atomic mass is 10.1. The van der Waals surface area contributed by atoms with Crippen LogP contribution in [-0.2, 0) is 6.42 Å². The summed E-state index contributed by atoms with van der Waals surface area (Å²) in [6.07, 6.45) is 4.03. The van der Waals surface area contributed by atoms with Gasteiger partial charge in [-0.2, -0.15) is 0 Å². The summed E-state index contributed by atoms with van der Waals surface area (Å²) < 4.78 is 11.1. The lowest BCUT2D eigenvalue weighted by Crippen LogP contribution is -2.25. The zero-order valence-electron chi connectivity index (χ0n) is 15.4. The number of nitrogens with one attached hydrogen (secondary N) is 2. The zero-order valence-corrected chi connectivity index (χ0v) is 15.4. The Kier molecular flexibility index (Phi) is 5.38. The quantitative estimate of drug-likeness (QED) is 0.689. The number of ether oxygens (including phenoxy) is 2. The Morgan fingerprint density at radius 1 is 0.929 bits per heavy atom. The number of amides is 1. The van der Waals surface area contributed by atoms with Gasteiger partial charge in [-0.1, -0.05) is 30.3 Å². The fourth-order valence-electron chi connectivity index (χ4n) is 2.99. The summed E-state index contributed by atoms with van der Waals surface area (Å²) in [7, 11) is 0. The summed E-state index contributed by atoms with van der Waals surface area (Å²) in [5.74, 6) is 1.30. The Labute approximate surface area is 163 Å². The van der Waals surface area contributed by atoms with E-state index in [1.54, 1.807) is 18.5 Å². The van der Waals surface area contributed by atoms with Gasteiger partial charge in [-0.3, -0.25) is 9.78 Å². The highest BCUT2D eigenvalue weighted by Crippen LogP contribution is 2.33. The highest BCUT2D eigenvalue weighted by atomic mass is 16.6. The second kappa shape index (κ2) is 8.43. The van der Waals surface area contributed by atoms with E-state index in [0.29, 0.717) is 31.1 Å². The molecule has 2 aromatic carbocycles. The minimum Gasteiger partial charge on any atom is -0.486 e. The maximum Gasteiger partial charge on any atom is 0.252 e. The molecule has 28 heavy (non-hydrogen) atoms. The van der Waals surface area contributed by atoms with Crippen molar-refractivity contribution in [3.8, 4) is 11.5 Å². The first-order valence-corrected chi connectivity index (χ1v) is 9.22. The Balaban J connectivity index is 1.37. The van der Waals surface area contributed by atoms with Gasteiger partial charge >= 0.3 is 0 Å². The lowest BCUT2D eigenvalue weighted by Gasteiger charge is -2.19. The molecular formula is C22H21N3O3. The summed E-state index contributed by atoms with van der Waals surface area (Å²) in [5.41, 5.74) is 3.27. The minimum atomic E-state index is -0.144. The van der Waals surface area contributed by atoms with Crippen LogP contribution in [0.1, 0.15) is 15.9 Å². The average molecular weight is 375 g/mol. The molecular weight excluding hydrogens is 354 g/mol. The molecule has 2 N–H and O–H groups in total. The first-order valence-electron chi connectivity index (χ1n) is 9.22. The van der Waals surface area contributed by atoms with Crippen molar-refractivity contribution in [2.24, 2.45) is 0 Å². The van der Waals surface area contributed by atoms with Crippen LogP contribution in [0.15, 0.2) is 67.0 Å². The molecule has 0 aliphatic carbocycles. The van der Waals surface area contributed by atoms with Crippen molar-refractivity contribution < 1.29 is 14.3 Å². The number of rotatable bonds is 6. The van der Waals surface area contributed by atoms with Gasteiger partial charge in [-0.15, -0.1) is 0 Å². The SMILES string of the molecule is O=C(NCCc1ccccc1)c1cncc(Nc2ccc3c(c2)OCCO3)c1. The van der Waals surface area contributed by atoms with Crippen molar-refractivity contribution in [3.05, 3.63) is 78.1 Å². The van der Waals surface area contributed by atoms with E-state index < -0.39 is 0 Å². The topological polar surface area (TPSA) is 72.5 Å². The van der Waals surface area contributed by atoms with Crippen LogP contribution >= 0.6 is 0 Å². The van der Waals surface area contributed by atoms with Crippen LogP contribution in [0.5, 0.6) is 11.5 Å². The third-order valence-corrected chi connectivity index (χ3v) is 4.37. The second-order valence-corrected chi connectivity index (χ2v) is 6.44. The molecule has 0 spiro atoms. The van der Waals surface area contributed by atoms with Gasteiger partial charge in [0.15, 0.2) is 11.5 Å². The molecule has 3 aromatic rings. The third kappa shape index (κ3) is 4.40. The molecule has 0 radical (unpaired) electrons. The number of aromatic nitrogens is 1. The number of hydrogen-bond donors (Lipinski definition) is 2. The van der Waals surface area contributed by atoms with Gasteiger partial charge in [-0.05, 0) is 30.2 Å². The largest absolute Gasteiger partial charge is 0.486 e. The molecule has 1 aliphatic heterocycles. The highest BCUT2D eigenvalue weighted by molar-refractivity contribution is 5.94. The van der Waals surface area contributed by atoms with Gasteiger partial charge < -0.3 is 20.1 Å².